The van der Waals surface area contributed by atoms with Crippen LogP contribution in [0.15, 0.2) is 84.1 Å². The molecule has 178 valence electrons. The molecule has 2 aliphatic rings. The number of halogens is 1. The van der Waals surface area contributed by atoms with E-state index >= 15 is 0 Å². The van der Waals surface area contributed by atoms with Gasteiger partial charge in [0.05, 0.1) is 30.4 Å². The van der Waals surface area contributed by atoms with Crippen LogP contribution in [0.4, 0.5) is 11.4 Å². The normalized spacial score (nSPS) is 19.5. The lowest BCUT2D eigenvalue weighted by atomic mass is 9.78. The molecule has 1 amide bonds. The molecule has 1 aliphatic carbocycles. The van der Waals surface area contributed by atoms with E-state index in [4.69, 9.17) is 11.6 Å². The van der Waals surface area contributed by atoms with Crippen molar-refractivity contribution in [2.75, 3.05) is 16.8 Å². The summed E-state index contributed by atoms with van der Waals surface area (Å²) in [5, 5.41) is 13.8. The Balaban J connectivity index is 1.71. The fourth-order valence-corrected chi connectivity index (χ4v) is 5.46. The minimum Gasteiger partial charge on any atom is -0.396 e. The number of amides is 1. The summed E-state index contributed by atoms with van der Waals surface area (Å²) in [4.78, 5) is 29.0. The largest absolute Gasteiger partial charge is 0.396 e. The molecule has 0 fully saturated rings. The number of ketones is 1. The van der Waals surface area contributed by atoms with E-state index in [9.17, 15) is 14.7 Å². The van der Waals surface area contributed by atoms with Gasteiger partial charge in [-0.25, -0.2) is 0 Å². The van der Waals surface area contributed by atoms with E-state index in [0.29, 0.717) is 29.1 Å². The van der Waals surface area contributed by atoms with Crippen molar-refractivity contribution in [3.8, 4) is 0 Å². The molecule has 3 aromatic rings. The third-order valence-corrected chi connectivity index (χ3v) is 7.17. The third-order valence-electron chi connectivity index (χ3n) is 6.82. The molecule has 2 N–H and O–H groups in total. The molecule has 0 saturated heterocycles. The number of Topliss-reactive ketones (excluding diaryl/α,β-unsaturated/α-hetero) is 1. The maximum atomic E-state index is 13.9. The lowest BCUT2D eigenvalue weighted by Gasteiger charge is -2.35. The minimum absolute atomic E-state index is 0.0103. The second-order valence-corrected chi connectivity index (χ2v) is 9.54. The summed E-state index contributed by atoms with van der Waals surface area (Å²) in [6.45, 7) is 1.74. The van der Waals surface area contributed by atoms with Gasteiger partial charge in [0, 0.05) is 22.7 Å². The maximum absolute atomic E-state index is 13.9. The lowest BCUT2D eigenvalue weighted by molar-refractivity contribution is -0.119. The number of aliphatic hydroxyl groups is 1. The highest BCUT2D eigenvalue weighted by Crippen LogP contribution is 2.48. The van der Waals surface area contributed by atoms with Gasteiger partial charge in [-0.2, -0.15) is 0 Å². The average molecular weight is 487 g/mol. The summed E-state index contributed by atoms with van der Waals surface area (Å²) in [5.74, 6) is -0.307. The van der Waals surface area contributed by atoms with Crippen molar-refractivity contribution in [1.29, 1.82) is 0 Å². The standard InChI is InChI=1S/C29H27ClN2O3/c1-18-10-12-19(13-11-18)29-28-24(16-20(17-26(28)34)21-6-2-3-7-22(21)30)31-23-8-4-5-9-25(23)32(29)27(35)14-15-33/h2-13,20,29,31,33H,14-17H2,1H3/t20-,29-/m1/s1. The number of para-hydroxylation sites is 2. The molecule has 3 aromatic carbocycles. The molecule has 0 bridgehead atoms. The zero-order chi connectivity index (χ0) is 24.5. The van der Waals surface area contributed by atoms with E-state index in [-0.39, 0.29) is 30.6 Å². The van der Waals surface area contributed by atoms with Gasteiger partial charge >= 0.3 is 0 Å². The summed E-state index contributed by atoms with van der Waals surface area (Å²) >= 11 is 6.51. The van der Waals surface area contributed by atoms with Gasteiger partial charge in [-0.05, 0) is 48.6 Å². The Morgan fingerprint density at radius 2 is 1.74 bits per heavy atom. The smallest absolute Gasteiger partial charge is 0.230 e. The third kappa shape index (κ3) is 4.38. The molecule has 1 heterocycles. The van der Waals surface area contributed by atoms with Crippen LogP contribution in [0.2, 0.25) is 5.02 Å². The van der Waals surface area contributed by atoms with Crippen molar-refractivity contribution < 1.29 is 14.7 Å². The van der Waals surface area contributed by atoms with Crippen LogP contribution in [0.5, 0.6) is 0 Å². The van der Waals surface area contributed by atoms with Gasteiger partial charge in [-0.15, -0.1) is 0 Å². The first kappa shape index (κ1) is 23.3. The van der Waals surface area contributed by atoms with Gasteiger partial charge in [-0.1, -0.05) is 71.8 Å². The predicted molar refractivity (Wildman–Crippen MR) is 139 cm³/mol. The number of allylic oxidation sites excluding steroid dienone is 1. The van der Waals surface area contributed by atoms with Gasteiger partial charge in [0.25, 0.3) is 0 Å². The Morgan fingerprint density at radius 1 is 1.03 bits per heavy atom. The van der Waals surface area contributed by atoms with Gasteiger partial charge in [0.2, 0.25) is 5.91 Å². The van der Waals surface area contributed by atoms with Crippen molar-refractivity contribution in [2.24, 2.45) is 0 Å². The van der Waals surface area contributed by atoms with E-state index < -0.39 is 6.04 Å². The van der Waals surface area contributed by atoms with Crippen LogP contribution in [0.25, 0.3) is 0 Å². The topological polar surface area (TPSA) is 69.6 Å². The Kier molecular flexibility index (Phi) is 6.46. The summed E-state index contributed by atoms with van der Waals surface area (Å²) in [6.07, 6.45) is 0.879. The zero-order valence-corrected chi connectivity index (χ0v) is 20.3. The zero-order valence-electron chi connectivity index (χ0n) is 19.5. The van der Waals surface area contributed by atoms with Crippen LogP contribution < -0.4 is 10.2 Å². The number of benzene rings is 3. The number of anilines is 2. The predicted octanol–water partition coefficient (Wildman–Crippen LogP) is 5.93. The van der Waals surface area contributed by atoms with Crippen molar-refractivity contribution in [2.45, 2.75) is 38.1 Å². The van der Waals surface area contributed by atoms with Crippen molar-refractivity contribution in [3.63, 3.8) is 0 Å². The van der Waals surface area contributed by atoms with Crippen molar-refractivity contribution in [3.05, 3.63) is 106 Å². The quantitative estimate of drug-likeness (QED) is 0.479. The van der Waals surface area contributed by atoms with Gasteiger partial charge < -0.3 is 10.4 Å². The molecule has 0 spiro atoms. The van der Waals surface area contributed by atoms with Crippen LogP contribution in [0.3, 0.4) is 0 Å². The molecule has 2 atom stereocenters. The lowest BCUT2D eigenvalue weighted by Crippen LogP contribution is -2.38. The van der Waals surface area contributed by atoms with Crippen LogP contribution in [-0.2, 0) is 9.59 Å². The average Bonchev–Trinajstić information content (AvgIpc) is 2.99. The fourth-order valence-electron chi connectivity index (χ4n) is 5.17. The molecule has 5 rings (SSSR count). The molecule has 35 heavy (non-hydrogen) atoms. The molecule has 0 saturated carbocycles. The summed E-state index contributed by atoms with van der Waals surface area (Å²) < 4.78 is 0. The number of hydrogen-bond donors (Lipinski definition) is 2. The Hall–Kier alpha value is -3.41. The molecular formula is C29H27ClN2O3. The van der Waals surface area contributed by atoms with Gasteiger partial charge in [0.15, 0.2) is 5.78 Å². The van der Waals surface area contributed by atoms with Crippen molar-refractivity contribution in [1.82, 2.24) is 0 Å². The number of carbonyl (C=O) groups excluding carboxylic acids is 2. The number of fused-ring (bicyclic) bond motifs is 1. The van der Waals surface area contributed by atoms with Crippen molar-refractivity contribution >= 4 is 34.7 Å². The van der Waals surface area contributed by atoms with Gasteiger partial charge in [0.1, 0.15) is 0 Å². The summed E-state index contributed by atoms with van der Waals surface area (Å²) in [5.41, 5.74) is 5.76. The van der Waals surface area contributed by atoms with E-state index in [2.05, 4.69) is 5.32 Å². The molecule has 6 heteroatoms. The number of nitrogens with one attached hydrogen (secondary N) is 1. The Morgan fingerprint density at radius 3 is 2.49 bits per heavy atom. The molecular weight excluding hydrogens is 460 g/mol. The SMILES string of the molecule is Cc1ccc([C@@H]2C3=C(C[C@@H](c4ccccc4Cl)CC3=O)Nc3ccccc3N2C(=O)CCO)cc1. The monoisotopic (exact) mass is 486 g/mol. The van der Waals surface area contributed by atoms with Crippen LogP contribution >= 0.6 is 11.6 Å². The molecule has 0 unspecified atom stereocenters. The van der Waals surface area contributed by atoms with Gasteiger partial charge in [-0.3, -0.25) is 14.5 Å². The highest BCUT2D eigenvalue weighted by Gasteiger charge is 2.41. The van der Waals surface area contributed by atoms with E-state index in [1.807, 2.05) is 79.7 Å². The first-order valence-electron chi connectivity index (χ1n) is 11.8. The number of rotatable bonds is 4. The molecule has 0 radical (unpaired) electrons. The first-order valence-corrected chi connectivity index (χ1v) is 12.2. The Labute approximate surface area is 210 Å². The Bertz CT molecular complexity index is 1320. The van der Waals surface area contributed by atoms with Crippen LogP contribution in [0.1, 0.15) is 47.9 Å². The number of carbonyl (C=O) groups is 2. The molecule has 5 nitrogen and oxygen atoms in total. The van der Waals surface area contributed by atoms with E-state index in [1.165, 1.54) is 0 Å². The van der Waals surface area contributed by atoms with E-state index in [1.54, 1.807) is 4.90 Å². The number of aliphatic hydroxyl groups excluding tert-OH is 1. The minimum atomic E-state index is -0.597. The molecule has 1 aliphatic heterocycles. The second kappa shape index (κ2) is 9.68. The highest BCUT2D eigenvalue weighted by atomic mass is 35.5. The van der Waals surface area contributed by atoms with Crippen LogP contribution in [0, 0.1) is 6.92 Å². The van der Waals surface area contributed by atoms with E-state index in [0.717, 1.165) is 28.1 Å². The molecule has 0 aromatic heterocycles. The first-order chi connectivity index (χ1) is 17.0. The van der Waals surface area contributed by atoms with Crippen LogP contribution in [-0.4, -0.2) is 23.4 Å². The fraction of sp³-hybridized carbons (Fsp3) is 0.241. The number of aryl methyl sites for hydroxylation is 1. The number of nitrogens with zero attached hydrogens (tertiary/aromatic N) is 1. The number of hydrogen-bond acceptors (Lipinski definition) is 4. The highest BCUT2D eigenvalue weighted by molar-refractivity contribution is 6.31. The second-order valence-electron chi connectivity index (χ2n) is 9.13. The maximum Gasteiger partial charge on any atom is 0.230 e. The summed E-state index contributed by atoms with van der Waals surface area (Å²) in [6, 6.07) is 22.6. The summed E-state index contributed by atoms with van der Waals surface area (Å²) in [7, 11) is 0.